The molecule has 0 saturated heterocycles. The topological polar surface area (TPSA) is 91.3 Å². The largest absolute Gasteiger partial charge is 0.484 e. The molecular weight excluding hydrogens is 666 g/mol. The van der Waals surface area contributed by atoms with Gasteiger partial charge in [-0.3, -0.25) is 13.6 Å². The number of phosphoric ester groups is 2. The van der Waals surface area contributed by atoms with Gasteiger partial charge in [0.25, 0.3) is 0 Å². The van der Waals surface area contributed by atoms with Crippen LogP contribution < -0.4 is 0 Å². The molecule has 3 aromatic carbocycles. The van der Waals surface area contributed by atoms with Crippen LogP contribution in [-0.2, 0) is 46.8 Å². The van der Waals surface area contributed by atoms with E-state index < -0.39 is 15.6 Å². The molecule has 176 valence electrons. The van der Waals surface area contributed by atoms with Crippen molar-refractivity contribution in [3.8, 4) is 0 Å². The molecule has 0 amide bonds. The molecule has 0 aliphatic rings. The van der Waals surface area contributed by atoms with Crippen molar-refractivity contribution in [2.45, 2.75) is 19.8 Å². The zero-order valence-corrected chi connectivity index (χ0v) is 23.5. The molecule has 7 nitrogen and oxygen atoms in total. The fourth-order valence-electron chi connectivity index (χ4n) is 2.44. The molecule has 12 heteroatoms. The average molecular weight is 685 g/mol. The maximum absolute atomic E-state index is 13.3. The molecule has 3 rings (SSSR count). The van der Waals surface area contributed by atoms with Gasteiger partial charge < -0.3 is 4.89 Å². The Hall–Kier alpha value is -0.640. The standard InChI is InChI=1S/C21H19Br3O7P2/c22-19-7-1-16(2-8-19)13-28-32(25,26)31-33(27,29-14-17-3-9-20(23)10-4-17)30-15-18-5-11-21(24)12-6-18/h1-12H,13-15H2,(H,25,26). The van der Waals surface area contributed by atoms with Gasteiger partial charge in [-0.15, -0.1) is 0 Å². The van der Waals surface area contributed by atoms with Crippen LogP contribution in [-0.4, -0.2) is 4.89 Å². The van der Waals surface area contributed by atoms with E-state index in [4.69, 9.17) is 17.9 Å². The number of hydrogen-bond acceptors (Lipinski definition) is 6. The van der Waals surface area contributed by atoms with E-state index in [2.05, 4.69) is 47.8 Å². The molecule has 0 radical (unpaired) electrons. The molecule has 1 unspecified atom stereocenters. The van der Waals surface area contributed by atoms with Gasteiger partial charge in [0.05, 0.1) is 19.8 Å². The van der Waals surface area contributed by atoms with Crippen molar-refractivity contribution < 1.29 is 31.9 Å². The van der Waals surface area contributed by atoms with E-state index in [-0.39, 0.29) is 19.8 Å². The lowest BCUT2D eigenvalue weighted by Gasteiger charge is -2.20. The third-order valence-corrected chi connectivity index (χ3v) is 8.67. The minimum absolute atomic E-state index is 0.169. The first-order valence-corrected chi connectivity index (χ1v) is 14.8. The molecule has 0 spiro atoms. The average Bonchev–Trinajstić information content (AvgIpc) is 2.78. The molecular formula is C21H19Br3O7P2. The summed E-state index contributed by atoms with van der Waals surface area (Å²) >= 11 is 9.98. The van der Waals surface area contributed by atoms with Crippen LogP contribution in [0.25, 0.3) is 0 Å². The van der Waals surface area contributed by atoms with Gasteiger partial charge in [-0.2, -0.15) is 4.31 Å². The normalized spacial score (nSPS) is 13.6. The number of benzene rings is 3. The third-order valence-electron chi connectivity index (χ3n) is 4.12. The quantitative estimate of drug-likeness (QED) is 0.204. The smallest absolute Gasteiger partial charge is 0.302 e. The Balaban J connectivity index is 1.69. The molecule has 33 heavy (non-hydrogen) atoms. The first kappa shape index (κ1) is 27.0. The van der Waals surface area contributed by atoms with E-state index in [9.17, 15) is 14.0 Å². The van der Waals surface area contributed by atoms with Crippen molar-refractivity contribution >= 4 is 63.4 Å². The monoisotopic (exact) mass is 682 g/mol. The summed E-state index contributed by atoms with van der Waals surface area (Å²) in [5, 5.41) is 0. The van der Waals surface area contributed by atoms with Crippen molar-refractivity contribution in [1.29, 1.82) is 0 Å². The highest BCUT2D eigenvalue weighted by Gasteiger charge is 2.38. The third kappa shape index (κ3) is 9.49. The van der Waals surface area contributed by atoms with E-state index >= 15 is 0 Å². The summed E-state index contributed by atoms with van der Waals surface area (Å²) in [5.41, 5.74) is 1.95. The van der Waals surface area contributed by atoms with Crippen LogP contribution in [0.4, 0.5) is 0 Å². The summed E-state index contributed by atoms with van der Waals surface area (Å²) in [6.07, 6.45) is 0. The maximum atomic E-state index is 13.3. The van der Waals surface area contributed by atoms with Gasteiger partial charge in [0, 0.05) is 13.4 Å². The Morgan fingerprint density at radius 1 is 0.576 bits per heavy atom. The number of halogens is 3. The van der Waals surface area contributed by atoms with E-state index in [1.807, 2.05) is 0 Å². The molecule has 1 atom stereocenters. The van der Waals surface area contributed by atoms with Gasteiger partial charge in [-0.25, -0.2) is 9.13 Å². The van der Waals surface area contributed by atoms with Gasteiger partial charge in [-0.05, 0) is 53.1 Å². The molecule has 0 aromatic heterocycles. The van der Waals surface area contributed by atoms with Crippen LogP contribution in [0.5, 0.6) is 0 Å². The fourth-order valence-corrected chi connectivity index (χ4v) is 5.81. The lowest BCUT2D eigenvalue weighted by molar-refractivity contribution is 0.116. The van der Waals surface area contributed by atoms with Gasteiger partial charge >= 0.3 is 15.6 Å². The molecule has 0 saturated carbocycles. The van der Waals surface area contributed by atoms with Crippen molar-refractivity contribution in [2.24, 2.45) is 0 Å². The summed E-state index contributed by atoms with van der Waals surface area (Å²) in [6.45, 7) is -0.574. The van der Waals surface area contributed by atoms with Crippen LogP contribution in [0.2, 0.25) is 0 Å². The first-order valence-electron chi connectivity index (χ1n) is 9.44. The summed E-state index contributed by atoms with van der Waals surface area (Å²) in [4.78, 5) is 10.2. The number of hydrogen-bond donors (Lipinski definition) is 1. The van der Waals surface area contributed by atoms with Crippen LogP contribution in [0.3, 0.4) is 0 Å². The Bertz CT molecular complexity index is 1090. The highest BCUT2D eigenvalue weighted by atomic mass is 79.9. The molecule has 0 heterocycles. The van der Waals surface area contributed by atoms with E-state index in [1.54, 1.807) is 72.8 Å². The molecule has 0 bridgehead atoms. The number of rotatable bonds is 11. The zero-order chi connectivity index (χ0) is 23.9. The van der Waals surface area contributed by atoms with Crippen LogP contribution >= 0.6 is 63.4 Å². The van der Waals surface area contributed by atoms with E-state index in [0.717, 1.165) is 13.4 Å². The minimum atomic E-state index is -4.79. The second kappa shape index (κ2) is 12.4. The summed E-state index contributed by atoms with van der Waals surface area (Å²) in [7, 11) is -9.28. The second-order valence-electron chi connectivity index (χ2n) is 6.70. The Morgan fingerprint density at radius 2 is 0.879 bits per heavy atom. The fraction of sp³-hybridized carbons (Fsp3) is 0.143. The lowest BCUT2D eigenvalue weighted by atomic mass is 10.2. The maximum Gasteiger partial charge on any atom is 0.484 e. The Morgan fingerprint density at radius 3 is 1.21 bits per heavy atom. The van der Waals surface area contributed by atoms with Crippen LogP contribution in [0, 0.1) is 0 Å². The second-order valence-corrected chi connectivity index (χ2v) is 12.7. The van der Waals surface area contributed by atoms with E-state index in [1.165, 1.54) is 0 Å². The van der Waals surface area contributed by atoms with Crippen LogP contribution in [0.1, 0.15) is 16.7 Å². The summed E-state index contributed by atoms with van der Waals surface area (Å²) in [6, 6.07) is 21.0. The predicted octanol–water partition coefficient (Wildman–Crippen LogP) is 8.15. The van der Waals surface area contributed by atoms with Crippen molar-refractivity contribution in [3.05, 3.63) is 103 Å². The summed E-state index contributed by atoms with van der Waals surface area (Å²) in [5.74, 6) is 0. The highest BCUT2D eigenvalue weighted by Crippen LogP contribution is 2.64. The molecule has 0 aliphatic heterocycles. The molecule has 3 aromatic rings. The van der Waals surface area contributed by atoms with Crippen molar-refractivity contribution in [1.82, 2.24) is 0 Å². The van der Waals surface area contributed by atoms with Gasteiger partial charge in [0.2, 0.25) is 0 Å². The number of phosphoric acid groups is 2. The summed E-state index contributed by atoms with van der Waals surface area (Å²) < 4.78 is 49.1. The van der Waals surface area contributed by atoms with E-state index in [0.29, 0.717) is 16.7 Å². The Kier molecular flexibility index (Phi) is 10.1. The molecule has 0 aliphatic carbocycles. The predicted molar refractivity (Wildman–Crippen MR) is 135 cm³/mol. The zero-order valence-electron chi connectivity index (χ0n) is 17.0. The first-order chi connectivity index (χ1) is 15.6. The van der Waals surface area contributed by atoms with Crippen molar-refractivity contribution in [2.75, 3.05) is 0 Å². The van der Waals surface area contributed by atoms with Gasteiger partial charge in [0.1, 0.15) is 0 Å². The lowest BCUT2D eigenvalue weighted by Crippen LogP contribution is -2.02. The molecule has 0 fully saturated rings. The van der Waals surface area contributed by atoms with Crippen molar-refractivity contribution in [3.63, 3.8) is 0 Å². The van der Waals surface area contributed by atoms with Gasteiger partial charge in [-0.1, -0.05) is 84.2 Å². The Labute approximate surface area is 217 Å². The SMILES string of the molecule is O=P(O)(OCc1ccc(Br)cc1)OP(=O)(OCc1ccc(Br)cc1)OCc1ccc(Br)cc1. The minimum Gasteiger partial charge on any atom is -0.302 e. The van der Waals surface area contributed by atoms with Gasteiger partial charge in [0.15, 0.2) is 0 Å². The highest BCUT2D eigenvalue weighted by molar-refractivity contribution is 9.11. The molecule has 1 N–H and O–H groups in total. The van der Waals surface area contributed by atoms with Crippen LogP contribution in [0.15, 0.2) is 86.2 Å².